The summed E-state index contributed by atoms with van der Waals surface area (Å²) in [6.45, 7) is 18.3. The second-order valence-electron chi connectivity index (χ2n) is 8.04. The molecule has 2 N–H and O–H groups in total. The molecule has 0 aliphatic carbocycles. The van der Waals surface area contributed by atoms with Crippen molar-refractivity contribution in [3.8, 4) is 0 Å². The van der Waals surface area contributed by atoms with E-state index in [1.165, 1.54) is 38.9 Å². The first-order valence-electron chi connectivity index (χ1n) is 10.7. The Kier molecular flexibility index (Phi) is 13.7. The van der Waals surface area contributed by atoms with Gasteiger partial charge in [0.15, 0.2) is 5.96 Å². The molecule has 2 aliphatic heterocycles. The molecular formula is C20H42IN5O. The van der Waals surface area contributed by atoms with Crippen LogP contribution in [-0.2, 0) is 4.74 Å². The summed E-state index contributed by atoms with van der Waals surface area (Å²) in [5.41, 5.74) is 0. The van der Waals surface area contributed by atoms with E-state index in [2.05, 4.69) is 41.2 Å². The van der Waals surface area contributed by atoms with E-state index in [4.69, 9.17) is 9.73 Å². The fourth-order valence-electron chi connectivity index (χ4n) is 3.67. The van der Waals surface area contributed by atoms with Crippen molar-refractivity contribution in [2.75, 3.05) is 72.1 Å². The van der Waals surface area contributed by atoms with Gasteiger partial charge >= 0.3 is 0 Å². The number of nitrogens with zero attached hydrogens (tertiary/aromatic N) is 3. The quantitative estimate of drug-likeness (QED) is 0.223. The van der Waals surface area contributed by atoms with E-state index in [1.807, 2.05) is 0 Å². The Labute approximate surface area is 183 Å². The summed E-state index contributed by atoms with van der Waals surface area (Å²) in [5, 5.41) is 6.88. The van der Waals surface area contributed by atoms with E-state index in [1.54, 1.807) is 0 Å². The Bertz CT molecular complexity index is 396. The molecule has 0 spiro atoms. The largest absolute Gasteiger partial charge is 0.379 e. The highest BCUT2D eigenvalue weighted by molar-refractivity contribution is 14.0. The van der Waals surface area contributed by atoms with E-state index in [-0.39, 0.29) is 24.0 Å². The van der Waals surface area contributed by atoms with E-state index in [0.717, 1.165) is 64.4 Å². The maximum Gasteiger partial charge on any atom is 0.191 e. The Morgan fingerprint density at radius 3 is 2.48 bits per heavy atom. The first-order valence-corrected chi connectivity index (χ1v) is 10.7. The third-order valence-electron chi connectivity index (χ3n) is 5.40. The van der Waals surface area contributed by atoms with Crippen LogP contribution in [0.3, 0.4) is 0 Å². The summed E-state index contributed by atoms with van der Waals surface area (Å²) in [4.78, 5) is 9.89. The van der Waals surface area contributed by atoms with E-state index in [0.29, 0.717) is 5.92 Å². The maximum absolute atomic E-state index is 5.42. The lowest BCUT2D eigenvalue weighted by Crippen LogP contribution is -2.41. The Morgan fingerprint density at radius 2 is 1.81 bits per heavy atom. The number of hydrogen-bond acceptors (Lipinski definition) is 4. The third-order valence-corrected chi connectivity index (χ3v) is 5.40. The molecule has 6 nitrogen and oxygen atoms in total. The van der Waals surface area contributed by atoms with Crippen LogP contribution in [0.15, 0.2) is 4.99 Å². The molecule has 1 unspecified atom stereocenters. The number of likely N-dealkylation sites (tertiary alicyclic amines) is 1. The first kappa shape index (κ1) is 24.9. The minimum Gasteiger partial charge on any atom is -0.379 e. The predicted octanol–water partition coefficient (Wildman–Crippen LogP) is 2.25. The van der Waals surface area contributed by atoms with Crippen LogP contribution >= 0.6 is 24.0 Å². The molecule has 0 bridgehead atoms. The zero-order valence-electron chi connectivity index (χ0n) is 17.7. The van der Waals surface area contributed by atoms with Gasteiger partial charge in [0, 0.05) is 39.3 Å². The monoisotopic (exact) mass is 495 g/mol. The van der Waals surface area contributed by atoms with Crippen molar-refractivity contribution >= 4 is 29.9 Å². The molecule has 0 saturated carbocycles. The van der Waals surface area contributed by atoms with Crippen LogP contribution in [-0.4, -0.2) is 87.9 Å². The fraction of sp³-hybridized carbons (Fsp3) is 0.950. The molecule has 0 radical (unpaired) electrons. The lowest BCUT2D eigenvalue weighted by atomic mass is 9.99. The molecule has 2 rings (SSSR count). The fourth-order valence-corrected chi connectivity index (χ4v) is 3.67. The second kappa shape index (κ2) is 14.8. The number of halogens is 1. The van der Waals surface area contributed by atoms with Crippen molar-refractivity contribution in [2.45, 2.75) is 40.0 Å². The van der Waals surface area contributed by atoms with Gasteiger partial charge in [0.2, 0.25) is 0 Å². The number of nitrogens with one attached hydrogen (secondary N) is 2. The molecule has 7 heteroatoms. The van der Waals surface area contributed by atoms with Gasteiger partial charge in [0.1, 0.15) is 0 Å². The van der Waals surface area contributed by atoms with Crippen molar-refractivity contribution in [1.29, 1.82) is 0 Å². The molecule has 160 valence electrons. The average molecular weight is 495 g/mol. The maximum atomic E-state index is 5.42. The van der Waals surface area contributed by atoms with Gasteiger partial charge in [-0.2, -0.15) is 0 Å². The summed E-state index contributed by atoms with van der Waals surface area (Å²) in [5.74, 6) is 2.45. The molecule has 0 aromatic carbocycles. The zero-order valence-corrected chi connectivity index (χ0v) is 20.0. The van der Waals surface area contributed by atoms with Gasteiger partial charge in [-0.15, -0.1) is 24.0 Å². The Morgan fingerprint density at radius 1 is 1.11 bits per heavy atom. The smallest absolute Gasteiger partial charge is 0.191 e. The van der Waals surface area contributed by atoms with E-state index < -0.39 is 0 Å². The molecular weight excluding hydrogens is 453 g/mol. The average Bonchev–Trinajstić information content (AvgIpc) is 2.65. The van der Waals surface area contributed by atoms with Gasteiger partial charge in [-0.25, -0.2) is 0 Å². The van der Waals surface area contributed by atoms with Crippen LogP contribution in [0.5, 0.6) is 0 Å². The number of hydrogen-bond donors (Lipinski definition) is 2. The third kappa shape index (κ3) is 10.9. The number of rotatable bonds is 9. The van der Waals surface area contributed by atoms with Gasteiger partial charge in [-0.3, -0.25) is 9.89 Å². The zero-order chi connectivity index (χ0) is 18.6. The lowest BCUT2D eigenvalue weighted by molar-refractivity contribution is 0.0323. The molecule has 0 amide bonds. The Balaban J connectivity index is 0.00000364. The minimum atomic E-state index is 0. The number of aliphatic imine (C=N–C) groups is 1. The van der Waals surface area contributed by atoms with Crippen molar-refractivity contribution in [3.05, 3.63) is 0 Å². The molecule has 2 aliphatic rings. The van der Waals surface area contributed by atoms with Gasteiger partial charge in [-0.05, 0) is 57.7 Å². The second-order valence-corrected chi connectivity index (χ2v) is 8.04. The SMILES string of the molecule is CCNC(=NCC(C)CN1CCOCC1)NCCCN1CCC(C)CC1.I. The van der Waals surface area contributed by atoms with Gasteiger partial charge < -0.3 is 20.3 Å². The van der Waals surface area contributed by atoms with Gasteiger partial charge in [-0.1, -0.05) is 13.8 Å². The van der Waals surface area contributed by atoms with Crippen molar-refractivity contribution in [3.63, 3.8) is 0 Å². The van der Waals surface area contributed by atoms with Crippen molar-refractivity contribution in [2.24, 2.45) is 16.8 Å². The number of guanidine groups is 1. The molecule has 2 saturated heterocycles. The van der Waals surface area contributed by atoms with Gasteiger partial charge in [0.05, 0.1) is 13.2 Å². The molecule has 27 heavy (non-hydrogen) atoms. The van der Waals surface area contributed by atoms with Crippen molar-refractivity contribution < 1.29 is 4.74 Å². The summed E-state index contributed by atoms with van der Waals surface area (Å²) in [6.07, 6.45) is 3.90. The number of morpholine rings is 1. The topological polar surface area (TPSA) is 52.1 Å². The highest BCUT2D eigenvalue weighted by atomic mass is 127. The van der Waals surface area contributed by atoms with E-state index >= 15 is 0 Å². The minimum absolute atomic E-state index is 0. The van der Waals surface area contributed by atoms with Crippen LogP contribution in [0.2, 0.25) is 0 Å². The summed E-state index contributed by atoms with van der Waals surface area (Å²) < 4.78 is 5.42. The van der Waals surface area contributed by atoms with Crippen LogP contribution < -0.4 is 10.6 Å². The molecule has 0 aromatic rings. The predicted molar refractivity (Wildman–Crippen MR) is 125 cm³/mol. The summed E-state index contributed by atoms with van der Waals surface area (Å²) >= 11 is 0. The summed E-state index contributed by atoms with van der Waals surface area (Å²) in [6, 6.07) is 0. The molecule has 1 atom stereocenters. The normalized spacial score (nSPS) is 21.5. The van der Waals surface area contributed by atoms with Crippen LogP contribution in [0.1, 0.15) is 40.0 Å². The highest BCUT2D eigenvalue weighted by Gasteiger charge is 2.15. The lowest BCUT2D eigenvalue weighted by Gasteiger charge is -2.30. The molecule has 2 fully saturated rings. The number of piperidine rings is 1. The van der Waals surface area contributed by atoms with Crippen LogP contribution in [0.25, 0.3) is 0 Å². The molecule has 2 heterocycles. The van der Waals surface area contributed by atoms with E-state index in [9.17, 15) is 0 Å². The van der Waals surface area contributed by atoms with Crippen LogP contribution in [0.4, 0.5) is 0 Å². The van der Waals surface area contributed by atoms with Crippen molar-refractivity contribution in [1.82, 2.24) is 20.4 Å². The standard InChI is InChI=1S/C20H41N5O.HI/c1-4-21-20(22-8-5-9-24-10-6-18(2)7-11-24)23-16-19(3)17-25-12-14-26-15-13-25;/h18-19H,4-17H2,1-3H3,(H2,21,22,23);1H. The van der Waals surface area contributed by atoms with Gasteiger partial charge in [0.25, 0.3) is 0 Å². The Hall–Kier alpha value is -0.120. The highest BCUT2D eigenvalue weighted by Crippen LogP contribution is 2.15. The van der Waals surface area contributed by atoms with Crippen LogP contribution in [0, 0.1) is 11.8 Å². The number of ether oxygens (including phenoxy) is 1. The first-order chi connectivity index (χ1) is 12.7. The molecule has 0 aromatic heterocycles. The summed E-state index contributed by atoms with van der Waals surface area (Å²) in [7, 11) is 0.